The van der Waals surface area contributed by atoms with Crippen LogP contribution in [0.1, 0.15) is 68.3 Å². The molecule has 0 saturated carbocycles. The molecule has 1 aromatic carbocycles. The number of nitrogens with one attached hydrogen (secondary N) is 1. The summed E-state index contributed by atoms with van der Waals surface area (Å²) in [5.41, 5.74) is 10.2. The third-order valence-electron chi connectivity index (χ3n) is 9.99. The molecule has 1 saturated heterocycles. The number of hydrogen-bond acceptors (Lipinski definition) is 13. The molecule has 6 rings (SSSR count). The number of thiazole rings is 2. The zero-order valence-corrected chi connectivity index (χ0v) is 33.6. The minimum atomic E-state index is -0.284. The van der Waals surface area contributed by atoms with E-state index in [2.05, 4.69) is 63.1 Å². The predicted molar refractivity (Wildman–Crippen MR) is 219 cm³/mol. The Bertz CT molecular complexity index is 1970. The topological polar surface area (TPSA) is 162 Å². The second-order valence-corrected chi connectivity index (χ2v) is 17.9. The van der Waals surface area contributed by atoms with E-state index in [0.29, 0.717) is 41.9 Å². The molecule has 2 atom stereocenters. The summed E-state index contributed by atoms with van der Waals surface area (Å²) in [6.45, 7) is 12.8. The highest BCUT2D eigenvalue weighted by Crippen LogP contribution is 2.34. The number of fused-ring (bicyclic) bond motifs is 1. The molecule has 54 heavy (non-hydrogen) atoms. The van der Waals surface area contributed by atoms with Crippen molar-refractivity contribution in [1.29, 1.82) is 5.26 Å². The van der Waals surface area contributed by atoms with E-state index in [9.17, 15) is 14.9 Å². The molecule has 3 aliphatic heterocycles. The lowest BCUT2D eigenvalue weighted by Crippen LogP contribution is -2.39. The number of ether oxygens (including phenoxy) is 1. The molecule has 12 nitrogen and oxygen atoms in total. The number of amides is 2. The maximum Gasteiger partial charge on any atom is 0.265 e. The van der Waals surface area contributed by atoms with E-state index in [1.807, 2.05) is 30.7 Å². The van der Waals surface area contributed by atoms with Crippen LogP contribution in [0.25, 0.3) is 11.6 Å². The molecule has 1 fully saturated rings. The van der Waals surface area contributed by atoms with Gasteiger partial charge < -0.3 is 25.6 Å². The molecule has 2 aromatic heterocycles. The smallest absolute Gasteiger partial charge is 0.265 e. The minimum absolute atomic E-state index is 0.0296. The van der Waals surface area contributed by atoms with E-state index in [1.165, 1.54) is 22.7 Å². The molecular weight excluding hydrogens is 739 g/mol. The monoisotopic (exact) mass is 785 g/mol. The van der Waals surface area contributed by atoms with Gasteiger partial charge >= 0.3 is 0 Å². The number of nitriles is 1. The summed E-state index contributed by atoms with van der Waals surface area (Å²) < 4.78 is 7.04. The van der Waals surface area contributed by atoms with Gasteiger partial charge in [-0.1, -0.05) is 50.3 Å². The van der Waals surface area contributed by atoms with Crippen LogP contribution in [0.15, 0.2) is 61.9 Å². The summed E-state index contributed by atoms with van der Waals surface area (Å²) in [7, 11) is 0. The van der Waals surface area contributed by atoms with Gasteiger partial charge in [-0.3, -0.25) is 19.6 Å². The van der Waals surface area contributed by atoms with Gasteiger partial charge in [0, 0.05) is 54.0 Å². The number of nitrogens with zero attached hydrogens (tertiary/aromatic N) is 7. The van der Waals surface area contributed by atoms with E-state index in [1.54, 1.807) is 41.3 Å². The quantitative estimate of drug-likeness (QED) is 0.0928. The molecule has 2 unspecified atom stereocenters. The summed E-state index contributed by atoms with van der Waals surface area (Å²) >= 11 is 4.50. The number of thioether (sulfide) groups is 1. The van der Waals surface area contributed by atoms with E-state index in [-0.39, 0.29) is 40.9 Å². The van der Waals surface area contributed by atoms with Crippen molar-refractivity contribution in [1.82, 2.24) is 19.8 Å². The molecule has 0 spiro atoms. The summed E-state index contributed by atoms with van der Waals surface area (Å²) in [4.78, 5) is 48.3. The van der Waals surface area contributed by atoms with Gasteiger partial charge in [-0.2, -0.15) is 5.26 Å². The van der Waals surface area contributed by atoms with Crippen LogP contribution in [-0.4, -0.2) is 94.8 Å². The molecule has 3 aliphatic rings. The fraction of sp³-hybridized carbons (Fsp3) is 0.462. The Labute approximate surface area is 329 Å². The minimum Gasteiger partial charge on any atom is -0.475 e. The number of hydrogen-bond donors (Lipinski definition) is 2. The van der Waals surface area contributed by atoms with Gasteiger partial charge in [0.1, 0.15) is 22.8 Å². The van der Waals surface area contributed by atoms with Crippen molar-refractivity contribution >= 4 is 75.1 Å². The van der Waals surface area contributed by atoms with Gasteiger partial charge in [0.25, 0.3) is 5.91 Å². The van der Waals surface area contributed by atoms with Crippen LogP contribution < -0.4 is 11.1 Å². The Morgan fingerprint density at radius 3 is 2.74 bits per heavy atom. The summed E-state index contributed by atoms with van der Waals surface area (Å²) in [5.74, 6) is 1.13. The van der Waals surface area contributed by atoms with Crippen LogP contribution >= 0.6 is 34.4 Å². The van der Waals surface area contributed by atoms with Crippen LogP contribution in [0.4, 0.5) is 5.13 Å². The van der Waals surface area contributed by atoms with Crippen molar-refractivity contribution in [2.75, 3.05) is 50.3 Å². The third kappa shape index (κ3) is 9.84. The first kappa shape index (κ1) is 39.3. The van der Waals surface area contributed by atoms with Crippen LogP contribution in [0.5, 0.6) is 0 Å². The number of allylic oxidation sites excluding steroid dienone is 1. The number of aliphatic imine (C=N–C) groups is 2. The average molecular weight is 786 g/mol. The van der Waals surface area contributed by atoms with Crippen molar-refractivity contribution in [3.8, 4) is 6.07 Å². The van der Waals surface area contributed by atoms with Crippen LogP contribution in [0, 0.1) is 22.7 Å². The van der Waals surface area contributed by atoms with Gasteiger partial charge in [-0.05, 0) is 62.0 Å². The average Bonchev–Trinajstić information content (AvgIpc) is 3.96. The van der Waals surface area contributed by atoms with Gasteiger partial charge in [0.2, 0.25) is 5.91 Å². The summed E-state index contributed by atoms with van der Waals surface area (Å²) in [5, 5.41) is 15.8. The number of rotatable bonds is 12. The fourth-order valence-electron chi connectivity index (χ4n) is 6.69. The highest BCUT2D eigenvalue weighted by molar-refractivity contribution is 8.01. The lowest BCUT2D eigenvalue weighted by atomic mass is 9.89. The van der Waals surface area contributed by atoms with Gasteiger partial charge in [-0.15, -0.1) is 23.1 Å². The van der Waals surface area contributed by atoms with Crippen LogP contribution in [0.3, 0.4) is 0 Å². The van der Waals surface area contributed by atoms with E-state index in [0.717, 1.165) is 64.8 Å². The normalized spacial score (nSPS) is 20.1. The van der Waals surface area contributed by atoms with E-state index >= 15 is 0 Å². The maximum atomic E-state index is 13.3. The first-order chi connectivity index (χ1) is 26.0. The van der Waals surface area contributed by atoms with E-state index < -0.39 is 0 Å². The Balaban J connectivity index is 0.923. The van der Waals surface area contributed by atoms with Crippen LogP contribution in [0.2, 0.25) is 0 Å². The van der Waals surface area contributed by atoms with Gasteiger partial charge in [0.05, 0.1) is 35.3 Å². The molecule has 0 radical (unpaired) electrons. The first-order valence-corrected chi connectivity index (χ1v) is 20.9. The molecule has 0 bridgehead atoms. The zero-order valence-electron chi connectivity index (χ0n) is 31.2. The third-order valence-corrected chi connectivity index (χ3v) is 12.8. The van der Waals surface area contributed by atoms with Crippen molar-refractivity contribution < 1.29 is 14.3 Å². The highest BCUT2D eigenvalue weighted by atomic mass is 32.2. The maximum absolute atomic E-state index is 13.3. The van der Waals surface area contributed by atoms with Gasteiger partial charge in [0.15, 0.2) is 11.0 Å². The molecule has 3 aromatic rings. The van der Waals surface area contributed by atoms with Crippen LogP contribution in [-0.2, 0) is 20.7 Å². The molecule has 15 heteroatoms. The summed E-state index contributed by atoms with van der Waals surface area (Å²) in [6, 6.07) is 8.06. The van der Waals surface area contributed by atoms with E-state index in [4.69, 9.17) is 10.5 Å². The lowest BCUT2D eigenvalue weighted by molar-refractivity contribution is -0.129. The number of nitrogens with two attached hydrogens (primary N) is 1. The number of aromatic nitrogens is 2. The standard InChI is InChI=1S/C39H47N9O3S3/c1-25-31-6-5-27(17-28(31)9-14-48(25)37(50)29(19-40)18-34-43-11-16-52-34)30(20-41)21-42-10-15-47-12-7-26(8-13-47)36(49)46-38-45-23-35(54-38)53-24-33-44-22-32(51-33)39(2,3)4/h5-6,11,16-18,20-21,23,25-26,32H,7-10,12-15,22,24,41H2,1-4H3,(H,45,46,49)/b29-18+,30-20+,42-21?. The second-order valence-electron chi connectivity index (χ2n) is 14.6. The Hall–Kier alpha value is -4.36. The number of likely N-dealkylation sites (tertiary alicyclic amines) is 1. The molecular formula is C39H47N9O3S3. The van der Waals surface area contributed by atoms with Crippen molar-refractivity contribution in [2.24, 2.45) is 27.1 Å². The Morgan fingerprint density at radius 1 is 1.22 bits per heavy atom. The number of benzene rings is 1. The fourth-order valence-corrected chi connectivity index (χ4v) is 9.01. The molecule has 0 aliphatic carbocycles. The SMILES string of the molecule is CC1c2ccc(/C(C=NCCN3CCC(C(=O)Nc4ncc(SCC5=NCC(C(C)(C)C)O5)s4)CC3)=C/N)cc2CCN1C(=O)/C(C#N)=C/c1nccs1. The number of piperidine rings is 1. The first-order valence-electron chi connectivity index (χ1n) is 18.2. The Morgan fingerprint density at radius 2 is 2.04 bits per heavy atom. The lowest BCUT2D eigenvalue weighted by Gasteiger charge is -2.35. The van der Waals surface area contributed by atoms with Crippen molar-refractivity contribution in [3.63, 3.8) is 0 Å². The number of carbonyl (C=O) groups excluding carboxylic acids is 2. The second kappa shape index (κ2) is 17.9. The van der Waals surface area contributed by atoms with Crippen molar-refractivity contribution in [3.05, 3.63) is 69.4 Å². The predicted octanol–water partition coefficient (Wildman–Crippen LogP) is 6.31. The number of carbonyl (C=O) groups is 2. The zero-order chi connectivity index (χ0) is 38.2. The number of anilines is 1. The van der Waals surface area contributed by atoms with Crippen molar-refractivity contribution in [2.45, 2.75) is 63.3 Å². The largest absolute Gasteiger partial charge is 0.475 e. The van der Waals surface area contributed by atoms with Gasteiger partial charge in [-0.25, -0.2) is 9.97 Å². The molecule has 5 heterocycles. The summed E-state index contributed by atoms with van der Waals surface area (Å²) in [6.07, 6.45) is 10.8. The highest BCUT2D eigenvalue weighted by Gasteiger charge is 2.32. The molecule has 3 N–H and O–H groups in total. The molecule has 284 valence electrons. The Kier molecular flexibility index (Phi) is 13.0. The molecule has 2 amide bonds.